The molecule has 4 unspecified atom stereocenters. The molecule has 0 bridgehead atoms. The predicted molar refractivity (Wildman–Crippen MR) is 132 cm³/mol. The number of phenols is 1. The minimum atomic E-state index is -1.11. The normalized spacial score (nSPS) is 17.5. The number of carboxylic acids is 1. The van der Waals surface area contributed by atoms with Gasteiger partial charge in [-0.15, -0.1) is 0 Å². The van der Waals surface area contributed by atoms with E-state index in [1.807, 2.05) is 0 Å². The number of nitrogens with one attached hydrogen (secondary N) is 2. The van der Waals surface area contributed by atoms with Crippen molar-refractivity contribution < 1.29 is 29.4 Å². The van der Waals surface area contributed by atoms with E-state index in [0.29, 0.717) is 24.8 Å². The first kappa shape index (κ1) is 28.4. The van der Waals surface area contributed by atoms with Crippen molar-refractivity contribution in [2.24, 2.45) is 22.2 Å². The van der Waals surface area contributed by atoms with E-state index >= 15 is 0 Å². The van der Waals surface area contributed by atoms with Crippen molar-refractivity contribution in [3.63, 3.8) is 0 Å². The van der Waals surface area contributed by atoms with Gasteiger partial charge in [0.25, 0.3) is 0 Å². The van der Waals surface area contributed by atoms with Gasteiger partial charge in [-0.05, 0) is 50.3 Å². The summed E-state index contributed by atoms with van der Waals surface area (Å²) in [7, 11) is 0. The van der Waals surface area contributed by atoms with Gasteiger partial charge < -0.3 is 42.9 Å². The van der Waals surface area contributed by atoms with Gasteiger partial charge >= 0.3 is 5.97 Å². The van der Waals surface area contributed by atoms with Gasteiger partial charge in [0.15, 0.2) is 5.96 Å². The molecule has 0 aliphatic carbocycles. The van der Waals surface area contributed by atoms with Crippen molar-refractivity contribution in [1.29, 1.82) is 0 Å². The molecule has 1 aromatic carbocycles. The third kappa shape index (κ3) is 8.41. The highest BCUT2D eigenvalue weighted by Gasteiger charge is 2.38. The van der Waals surface area contributed by atoms with Crippen molar-refractivity contribution in [3.05, 3.63) is 29.8 Å². The summed E-state index contributed by atoms with van der Waals surface area (Å²) in [6.45, 7) is 1.95. The lowest BCUT2D eigenvalue weighted by Gasteiger charge is -2.29. The average molecular weight is 506 g/mol. The lowest BCUT2D eigenvalue weighted by molar-refractivity contribution is -0.149. The van der Waals surface area contributed by atoms with Crippen LogP contribution >= 0.6 is 0 Å². The van der Waals surface area contributed by atoms with E-state index in [1.54, 1.807) is 12.1 Å². The Kier molecular flexibility index (Phi) is 10.5. The number of hydrogen-bond donors (Lipinski definition) is 7. The first-order chi connectivity index (χ1) is 17.0. The molecule has 0 saturated carbocycles. The monoisotopic (exact) mass is 505 g/mol. The molecule has 0 spiro atoms. The lowest BCUT2D eigenvalue weighted by atomic mass is 10.0. The smallest absolute Gasteiger partial charge is 0.326 e. The van der Waals surface area contributed by atoms with E-state index in [2.05, 4.69) is 15.6 Å². The highest BCUT2D eigenvalue weighted by Crippen LogP contribution is 2.20. The van der Waals surface area contributed by atoms with E-state index in [-0.39, 0.29) is 37.6 Å². The summed E-state index contributed by atoms with van der Waals surface area (Å²) in [6.07, 6.45) is 1.43. The van der Waals surface area contributed by atoms with Crippen molar-refractivity contribution in [2.75, 3.05) is 13.1 Å². The Bertz CT molecular complexity index is 962. The highest BCUT2D eigenvalue weighted by atomic mass is 16.4. The second-order valence-corrected chi connectivity index (χ2v) is 8.76. The summed E-state index contributed by atoms with van der Waals surface area (Å²) in [5.74, 6) is -2.90. The zero-order valence-electron chi connectivity index (χ0n) is 20.2. The van der Waals surface area contributed by atoms with Crippen LogP contribution in [0.4, 0.5) is 0 Å². The maximum atomic E-state index is 13.4. The van der Waals surface area contributed by atoms with E-state index in [0.717, 1.165) is 0 Å². The Hall–Kier alpha value is -3.87. The summed E-state index contributed by atoms with van der Waals surface area (Å²) in [6, 6.07) is 2.12. The molecule has 13 heteroatoms. The number of carbonyl (C=O) groups is 4. The van der Waals surface area contributed by atoms with Crippen LogP contribution in [0, 0.1) is 0 Å². The molecule has 1 aromatic rings. The van der Waals surface area contributed by atoms with Gasteiger partial charge in [-0.25, -0.2) is 4.79 Å². The van der Waals surface area contributed by atoms with Crippen molar-refractivity contribution in [2.45, 2.75) is 63.2 Å². The van der Waals surface area contributed by atoms with Crippen molar-refractivity contribution >= 4 is 29.7 Å². The number of carbonyl (C=O) groups excluding carboxylic acids is 3. The fourth-order valence-corrected chi connectivity index (χ4v) is 3.90. The minimum absolute atomic E-state index is 0.0376. The zero-order valence-corrected chi connectivity index (χ0v) is 20.2. The van der Waals surface area contributed by atoms with Crippen LogP contribution in [-0.4, -0.2) is 82.0 Å². The highest BCUT2D eigenvalue weighted by molar-refractivity contribution is 5.94. The first-order valence-corrected chi connectivity index (χ1v) is 11.7. The van der Waals surface area contributed by atoms with Crippen LogP contribution < -0.4 is 27.8 Å². The maximum Gasteiger partial charge on any atom is 0.326 e. The van der Waals surface area contributed by atoms with Gasteiger partial charge in [0.05, 0.1) is 6.04 Å². The summed E-state index contributed by atoms with van der Waals surface area (Å²) >= 11 is 0. The van der Waals surface area contributed by atoms with Gasteiger partial charge in [0.1, 0.15) is 23.9 Å². The van der Waals surface area contributed by atoms with E-state index in [4.69, 9.17) is 17.2 Å². The molecule has 1 heterocycles. The third-order valence-electron chi connectivity index (χ3n) is 5.80. The molecular weight excluding hydrogens is 470 g/mol. The summed E-state index contributed by atoms with van der Waals surface area (Å²) in [5, 5.41) is 24.3. The molecule has 1 aliphatic rings. The zero-order chi connectivity index (χ0) is 26.8. The number of aliphatic imine (C=N–C) groups is 1. The van der Waals surface area contributed by atoms with Gasteiger partial charge in [-0.3, -0.25) is 19.4 Å². The molecule has 1 aliphatic heterocycles. The Balaban J connectivity index is 2.25. The second-order valence-electron chi connectivity index (χ2n) is 8.76. The molecule has 2 rings (SSSR count). The third-order valence-corrected chi connectivity index (χ3v) is 5.80. The fourth-order valence-electron chi connectivity index (χ4n) is 3.90. The number of phenolic OH excluding ortho intramolecular Hbond substituents is 1. The summed E-state index contributed by atoms with van der Waals surface area (Å²) in [5.41, 5.74) is 16.9. The van der Waals surface area contributed by atoms with E-state index in [9.17, 15) is 29.4 Å². The molecule has 13 nitrogen and oxygen atoms in total. The molecule has 198 valence electrons. The number of aromatic hydroxyl groups is 1. The molecule has 1 fully saturated rings. The molecule has 4 atom stereocenters. The fraction of sp³-hybridized carbons (Fsp3) is 0.522. The van der Waals surface area contributed by atoms with Crippen LogP contribution in [0.2, 0.25) is 0 Å². The topological polar surface area (TPSA) is 226 Å². The van der Waals surface area contributed by atoms with Gasteiger partial charge in [-0.1, -0.05) is 12.1 Å². The van der Waals surface area contributed by atoms with Crippen LogP contribution in [0.1, 0.15) is 38.2 Å². The number of carboxylic acid groups (broad SMARTS) is 1. The summed E-state index contributed by atoms with van der Waals surface area (Å²) in [4.78, 5) is 55.6. The van der Waals surface area contributed by atoms with E-state index in [1.165, 1.54) is 24.0 Å². The van der Waals surface area contributed by atoms with Gasteiger partial charge in [0.2, 0.25) is 17.7 Å². The predicted octanol–water partition coefficient (Wildman–Crippen LogP) is -1.62. The second kappa shape index (κ2) is 13.3. The number of rotatable bonds is 12. The molecule has 3 amide bonds. The van der Waals surface area contributed by atoms with Crippen LogP contribution in [0.25, 0.3) is 0 Å². The lowest BCUT2D eigenvalue weighted by Crippen LogP contribution is -2.57. The standard InChI is InChI=1S/C23H35N7O6/c1-13(24)19(32)28-16(4-2-10-27-23(25)26)20(33)29-17(12-14-6-8-15(31)9-7-14)21(34)30-11-3-5-18(30)22(35)36/h6-9,13,16-18,31H,2-5,10-12,24H2,1H3,(H,28,32)(H,29,33)(H,35,36)(H4,25,26,27). The van der Waals surface area contributed by atoms with Crippen molar-refractivity contribution in [1.82, 2.24) is 15.5 Å². The Morgan fingerprint density at radius 1 is 1.11 bits per heavy atom. The number of benzene rings is 1. The molecule has 0 aromatic heterocycles. The average Bonchev–Trinajstić information content (AvgIpc) is 3.31. The van der Waals surface area contributed by atoms with Crippen LogP contribution in [0.5, 0.6) is 5.75 Å². The number of nitrogens with two attached hydrogens (primary N) is 3. The molecule has 1 saturated heterocycles. The maximum absolute atomic E-state index is 13.4. The number of nitrogens with zero attached hydrogens (tertiary/aromatic N) is 2. The Labute approximate surface area is 209 Å². The SMILES string of the molecule is CC(N)C(=O)NC(CCCN=C(N)N)C(=O)NC(Cc1ccc(O)cc1)C(=O)N1CCCC1C(=O)O. The Morgan fingerprint density at radius 3 is 2.33 bits per heavy atom. The number of guanidine groups is 1. The minimum Gasteiger partial charge on any atom is -0.508 e. The largest absolute Gasteiger partial charge is 0.508 e. The van der Waals surface area contributed by atoms with Crippen molar-refractivity contribution in [3.8, 4) is 5.75 Å². The van der Waals surface area contributed by atoms with Crippen LogP contribution in [-0.2, 0) is 25.6 Å². The Morgan fingerprint density at radius 2 is 1.75 bits per heavy atom. The number of aliphatic carboxylic acids is 1. The molecule has 10 N–H and O–H groups in total. The molecule has 0 radical (unpaired) electrons. The number of hydrogen-bond acceptors (Lipinski definition) is 7. The van der Waals surface area contributed by atoms with Crippen LogP contribution in [0.15, 0.2) is 29.3 Å². The van der Waals surface area contributed by atoms with Gasteiger partial charge in [0, 0.05) is 19.5 Å². The number of likely N-dealkylation sites (tertiary alicyclic amines) is 1. The van der Waals surface area contributed by atoms with Gasteiger partial charge in [-0.2, -0.15) is 0 Å². The molecular formula is C23H35N7O6. The van der Waals surface area contributed by atoms with E-state index < -0.39 is 47.9 Å². The summed E-state index contributed by atoms with van der Waals surface area (Å²) < 4.78 is 0. The number of amides is 3. The van der Waals surface area contributed by atoms with Crippen LogP contribution in [0.3, 0.4) is 0 Å². The molecule has 36 heavy (non-hydrogen) atoms. The first-order valence-electron chi connectivity index (χ1n) is 11.7. The quantitative estimate of drug-likeness (QED) is 0.0982.